The van der Waals surface area contributed by atoms with E-state index in [0.29, 0.717) is 19.0 Å². The molecule has 0 aliphatic carbocycles. The number of anilines is 2. The van der Waals surface area contributed by atoms with Crippen molar-refractivity contribution in [2.45, 2.75) is 6.92 Å². The molecule has 1 fully saturated rings. The molecule has 9 nitrogen and oxygen atoms in total. The first-order valence-corrected chi connectivity index (χ1v) is 10.1. The number of hydrazone groups is 1. The van der Waals surface area contributed by atoms with Gasteiger partial charge in [-0.3, -0.25) is 5.43 Å². The van der Waals surface area contributed by atoms with Crippen LogP contribution in [0.4, 0.5) is 11.6 Å². The Labute approximate surface area is 179 Å². The fraction of sp³-hybridized carbons (Fsp3) is 0.227. The molecule has 3 aromatic heterocycles. The van der Waals surface area contributed by atoms with E-state index < -0.39 is 0 Å². The van der Waals surface area contributed by atoms with Crippen LogP contribution in [0.2, 0.25) is 0 Å². The van der Waals surface area contributed by atoms with Crippen LogP contribution in [0.15, 0.2) is 60.0 Å². The smallest absolute Gasteiger partial charge is 0.160 e. The number of nitrogens with one attached hydrogen (secondary N) is 1. The Kier molecular flexibility index (Phi) is 5.24. The summed E-state index contributed by atoms with van der Waals surface area (Å²) in [6.45, 7) is 5.00. The molecular weight excluding hydrogens is 392 g/mol. The van der Waals surface area contributed by atoms with Gasteiger partial charge in [0, 0.05) is 30.8 Å². The van der Waals surface area contributed by atoms with E-state index in [1.807, 2.05) is 34.8 Å². The van der Waals surface area contributed by atoms with Crippen molar-refractivity contribution in [3.8, 4) is 11.3 Å². The normalized spacial score (nSPS) is 14.4. The first-order valence-electron chi connectivity index (χ1n) is 10.1. The van der Waals surface area contributed by atoms with E-state index in [4.69, 9.17) is 14.8 Å². The molecular formula is C22H22N8O. The van der Waals surface area contributed by atoms with Gasteiger partial charge in [0.15, 0.2) is 11.5 Å². The lowest BCUT2D eigenvalue weighted by molar-refractivity contribution is 0.122. The summed E-state index contributed by atoms with van der Waals surface area (Å²) in [6, 6.07) is 14.0. The van der Waals surface area contributed by atoms with E-state index in [9.17, 15) is 0 Å². The summed E-state index contributed by atoms with van der Waals surface area (Å²) in [4.78, 5) is 6.95. The maximum Gasteiger partial charge on any atom is 0.160 e. The lowest BCUT2D eigenvalue weighted by atomic mass is 10.2. The van der Waals surface area contributed by atoms with Gasteiger partial charge in [-0.1, -0.05) is 29.8 Å². The van der Waals surface area contributed by atoms with Gasteiger partial charge >= 0.3 is 0 Å². The second-order valence-corrected chi connectivity index (χ2v) is 7.31. The van der Waals surface area contributed by atoms with Gasteiger partial charge in [-0.05, 0) is 18.6 Å². The molecule has 31 heavy (non-hydrogen) atoms. The minimum Gasteiger partial charge on any atom is -0.378 e. The van der Waals surface area contributed by atoms with Gasteiger partial charge < -0.3 is 9.64 Å². The largest absolute Gasteiger partial charge is 0.378 e. The zero-order valence-corrected chi connectivity index (χ0v) is 17.1. The topological polar surface area (TPSA) is 92.8 Å². The SMILES string of the molecule is Cc1cccc(/C=N/Nc2cc(N3CCOCC3)n3nc(-c4ccnnc4)cc3n2)c1. The molecule has 1 saturated heterocycles. The molecule has 0 atom stereocenters. The van der Waals surface area contributed by atoms with Gasteiger partial charge in [0.05, 0.1) is 37.5 Å². The summed E-state index contributed by atoms with van der Waals surface area (Å²) in [7, 11) is 0. The van der Waals surface area contributed by atoms with Crippen LogP contribution >= 0.6 is 0 Å². The molecule has 1 aliphatic heterocycles. The zero-order chi connectivity index (χ0) is 21.0. The summed E-state index contributed by atoms with van der Waals surface area (Å²) in [5.41, 5.74) is 7.69. The number of fused-ring (bicyclic) bond motifs is 1. The first-order chi connectivity index (χ1) is 15.3. The molecule has 0 saturated carbocycles. The highest BCUT2D eigenvalue weighted by Crippen LogP contribution is 2.25. The van der Waals surface area contributed by atoms with Crippen LogP contribution in [-0.4, -0.2) is 57.3 Å². The molecule has 156 valence electrons. The fourth-order valence-corrected chi connectivity index (χ4v) is 3.54. The molecule has 4 heterocycles. The van der Waals surface area contributed by atoms with Crippen molar-refractivity contribution in [3.05, 3.63) is 66.0 Å². The molecule has 9 heteroatoms. The van der Waals surface area contributed by atoms with Crippen LogP contribution in [0.5, 0.6) is 0 Å². The van der Waals surface area contributed by atoms with E-state index in [1.54, 1.807) is 18.6 Å². The van der Waals surface area contributed by atoms with E-state index in [-0.39, 0.29) is 0 Å². The summed E-state index contributed by atoms with van der Waals surface area (Å²) in [6.07, 6.45) is 5.14. The number of morpholine rings is 1. The predicted octanol–water partition coefficient (Wildman–Crippen LogP) is 2.78. The third-order valence-corrected chi connectivity index (χ3v) is 5.06. The molecule has 1 aromatic carbocycles. The van der Waals surface area contributed by atoms with Gasteiger partial charge in [0.1, 0.15) is 5.82 Å². The number of rotatable bonds is 5. The van der Waals surface area contributed by atoms with Crippen LogP contribution in [0, 0.1) is 6.92 Å². The zero-order valence-electron chi connectivity index (χ0n) is 17.1. The summed E-state index contributed by atoms with van der Waals surface area (Å²) in [5, 5.41) is 17.0. The van der Waals surface area contributed by atoms with Crippen LogP contribution in [0.25, 0.3) is 16.9 Å². The molecule has 4 aromatic rings. The van der Waals surface area contributed by atoms with E-state index >= 15 is 0 Å². The Morgan fingerprint density at radius 3 is 2.81 bits per heavy atom. The van der Waals surface area contributed by atoms with Gasteiger partial charge in [-0.2, -0.15) is 24.9 Å². The lowest BCUT2D eigenvalue weighted by Gasteiger charge is -2.29. The number of aromatic nitrogens is 5. The quantitative estimate of drug-likeness (QED) is 0.396. The summed E-state index contributed by atoms with van der Waals surface area (Å²) in [5.74, 6) is 1.59. The van der Waals surface area contributed by atoms with E-state index in [0.717, 1.165) is 41.4 Å². The van der Waals surface area contributed by atoms with Gasteiger partial charge in [0.25, 0.3) is 0 Å². The number of hydrogen-bond acceptors (Lipinski definition) is 8. The highest BCUT2D eigenvalue weighted by Gasteiger charge is 2.18. The number of ether oxygens (including phenoxy) is 1. The number of nitrogens with zero attached hydrogens (tertiary/aromatic N) is 7. The maximum atomic E-state index is 5.52. The standard InChI is InChI=1S/C22H22N8O/c1-16-3-2-4-17(11-16)14-25-27-20-13-22(29-7-9-31-10-8-29)30-21(26-20)12-19(28-30)18-5-6-23-24-15-18/h2-6,11-15H,7-10H2,1H3,(H,26,27)/b25-14+. The lowest BCUT2D eigenvalue weighted by Crippen LogP contribution is -2.37. The van der Waals surface area contributed by atoms with Gasteiger partial charge in [-0.25, -0.2) is 4.98 Å². The molecule has 0 amide bonds. The minimum atomic E-state index is 0.650. The van der Waals surface area contributed by atoms with Crippen LogP contribution in [0.3, 0.4) is 0 Å². The van der Waals surface area contributed by atoms with Crippen molar-refractivity contribution < 1.29 is 4.74 Å². The van der Waals surface area contributed by atoms with Crippen molar-refractivity contribution in [2.75, 3.05) is 36.6 Å². The number of benzene rings is 1. The predicted molar refractivity (Wildman–Crippen MR) is 119 cm³/mol. The average molecular weight is 414 g/mol. The average Bonchev–Trinajstić information content (AvgIpc) is 3.24. The first kappa shape index (κ1) is 19.1. The monoisotopic (exact) mass is 414 g/mol. The van der Waals surface area contributed by atoms with Crippen molar-refractivity contribution in [2.24, 2.45) is 5.10 Å². The molecule has 5 rings (SSSR count). The Hall–Kier alpha value is -3.85. The molecule has 0 spiro atoms. The van der Waals surface area contributed by atoms with Gasteiger partial charge in [0.2, 0.25) is 0 Å². The molecule has 1 N–H and O–H groups in total. The molecule has 0 radical (unpaired) electrons. The van der Waals surface area contributed by atoms with Crippen molar-refractivity contribution >= 4 is 23.5 Å². The van der Waals surface area contributed by atoms with E-state index in [1.165, 1.54) is 5.56 Å². The number of aryl methyl sites for hydroxylation is 1. The van der Waals surface area contributed by atoms with Crippen LogP contribution < -0.4 is 10.3 Å². The van der Waals surface area contributed by atoms with E-state index in [2.05, 4.69) is 44.7 Å². The van der Waals surface area contributed by atoms with Crippen LogP contribution in [-0.2, 0) is 4.74 Å². The minimum absolute atomic E-state index is 0.650. The highest BCUT2D eigenvalue weighted by molar-refractivity contribution is 5.80. The second kappa shape index (κ2) is 8.49. The Morgan fingerprint density at radius 1 is 1.10 bits per heavy atom. The van der Waals surface area contributed by atoms with Crippen molar-refractivity contribution in [3.63, 3.8) is 0 Å². The second-order valence-electron chi connectivity index (χ2n) is 7.31. The van der Waals surface area contributed by atoms with Gasteiger partial charge in [-0.15, -0.1) is 0 Å². The third-order valence-electron chi connectivity index (χ3n) is 5.06. The maximum absolute atomic E-state index is 5.52. The Balaban J connectivity index is 1.50. The summed E-state index contributed by atoms with van der Waals surface area (Å²) >= 11 is 0. The third kappa shape index (κ3) is 4.22. The van der Waals surface area contributed by atoms with Crippen molar-refractivity contribution in [1.29, 1.82) is 0 Å². The fourth-order valence-electron chi connectivity index (χ4n) is 3.54. The molecule has 0 bridgehead atoms. The molecule has 0 unspecified atom stereocenters. The van der Waals surface area contributed by atoms with Crippen LogP contribution in [0.1, 0.15) is 11.1 Å². The van der Waals surface area contributed by atoms with Crippen molar-refractivity contribution in [1.82, 2.24) is 24.8 Å². The Bertz CT molecular complexity index is 1210. The highest BCUT2D eigenvalue weighted by atomic mass is 16.5. The summed E-state index contributed by atoms with van der Waals surface area (Å²) < 4.78 is 7.38. The molecule has 1 aliphatic rings. The Morgan fingerprint density at radius 2 is 2.00 bits per heavy atom. The number of hydrogen-bond donors (Lipinski definition) is 1.